The quantitative estimate of drug-likeness (QED) is 0.750. The molecule has 0 radical (unpaired) electrons. The predicted molar refractivity (Wildman–Crippen MR) is 74.8 cm³/mol. The molecule has 2 unspecified atom stereocenters. The van der Waals surface area contributed by atoms with Crippen LogP contribution in [-0.4, -0.2) is 28.8 Å². The van der Waals surface area contributed by atoms with Gasteiger partial charge in [0, 0.05) is 36.0 Å². The summed E-state index contributed by atoms with van der Waals surface area (Å²) in [6.07, 6.45) is 3.51. The summed E-state index contributed by atoms with van der Waals surface area (Å²) in [5, 5.41) is 16.5. The van der Waals surface area contributed by atoms with Crippen molar-refractivity contribution < 1.29 is 5.11 Å². The minimum absolute atomic E-state index is 0.0553. The van der Waals surface area contributed by atoms with Crippen molar-refractivity contribution in [3.8, 4) is 0 Å². The maximum absolute atomic E-state index is 9.73. The Kier molecular flexibility index (Phi) is 3.76. The highest BCUT2D eigenvalue weighted by atomic mass is 16.3. The molecule has 1 aromatic heterocycles. The van der Waals surface area contributed by atoms with Crippen LogP contribution in [0.25, 0.3) is 0 Å². The number of aliphatic hydroxyl groups excluding tert-OH is 1. The van der Waals surface area contributed by atoms with E-state index in [1.807, 2.05) is 18.3 Å². The molecule has 1 fully saturated rings. The van der Waals surface area contributed by atoms with E-state index < -0.39 is 0 Å². The van der Waals surface area contributed by atoms with Crippen molar-refractivity contribution in [1.29, 1.82) is 0 Å². The second-order valence-corrected chi connectivity index (χ2v) is 5.63. The molecule has 0 aromatic carbocycles. The number of pyridine rings is 1. The highest BCUT2D eigenvalue weighted by Crippen LogP contribution is 2.42. The molecule has 4 heteroatoms. The molecular weight excluding hydrogens is 226 g/mol. The summed E-state index contributed by atoms with van der Waals surface area (Å²) in [5.74, 6) is 0.902. The second kappa shape index (κ2) is 5.14. The molecule has 1 aliphatic carbocycles. The summed E-state index contributed by atoms with van der Waals surface area (Å²) in [7, 11) is 0. The van der Waals surface area contributed by atoms with Crippen LogP contribution in [0.5, 0.6) is 0 Å². The molecule has 0 saturated heterocycles. The second-order valence-electron chi connectivity index (χ2n) is 5.63. The van der Waals surface area contributed by atoms with Crippen molar-refractivity contribution in [1.82, 2.24) is 4.98 Å². The number of hydrogen-bond donors (Lipinski definition) is 3. The van der Waals surface area contributed by atoms with Crippen LogP contribution in [0.4, 0.5) is 11.5 Å². The zero-order valence-electron chi connectivity index (χ0n) is 11.4. The molecule has 4 nitrogen and oxygen atoms in total. The third-order valence-electron chi connectivity index (χ3n) is 3.87. The van der Waals surface area contributed by atoms with Gasteiger partial charge in [0.2, 0.25) is 0 Å². The summed E-state index contributed by atoms with van der Waals surface area (Å²) in [6.45, 7) is 7.25. The fraction of sp³-hybridized carbons (Fsp3) is 0.643. The van der Waals surface area contributed by atoms with E-state index in [0.29, 0.717) is 6.04 Å². The monoisotopic (exact) mass is 249 g/mol. The van der Waals surface area contributed by atoms with E-state index >= 15 is 0 Å². The lowest BCUT2D eigenvalue weighted by Gasteiger charge is -2.49. The largest absolute Gasteiger partial charge is 0.392 e. The predicted octanol–water partition coefficient (Wildman–Crippen LogP) is 2.47. The van der Waals surface area contributed by atoms with Gasteiger partial charge in [-0.15, -0.1) is 0 Å². The van der Waals surface area contributed by atoms with Gasteiger partial charge in [-0.3, -0.25) is 0 Å². The minimum atomic E-state index is -0.200. The topological polar surface area (TPSA) is 57.2 Å². The molecule has 2 atom stereocenters. The van der Waals surface area contributed by atoms with E-state index in [0.717, 1.165) is 30.9 Å². The SMILES string of the molecule is CCCNc1cc(NC2CC(O)C2(C)C)ccn1. The van der Waals surface area contributed by atoms with E-state index in [-0.39, 0.29) is 11.5 Å². The van der Waals surface area contributed by atoms with Crippen LogP contribution in [0.2, 0.25) is 0 Å². The number of nitrogens with zero attached hydrogens (tertiary/aromatic N) is 1. The normalized spacial score (nSPS) is 25.3. The number of anilines is 2. The standard InChI is InChI=1S/C14H23N3O/c1-4-6-15-13-8-10(5-7-16-13)17-11-9-12(18)14(11,2)3/h5,7-8,11-12,18H,4,6,9H2,1-3H3,(H2,15,16,17). The average Bonchev–Trinajstić information content (AvgIpc) is 2.36. The first-order valence-corrected chi connectivity index (χ1v) is 6.68. The highest BCUT2D eigenvalue weighted by Gasteiger charge is 2.47. The number of aliphatic hydroxyl groups is 1. The van der Waals surface area contributed by atoms with Gasteiger partial charge in [-0.05, 0) is 18.9 Å². The first-order valence-electron chi connectivity index (χ1n) is 6.68. The number of nitrogens with one attached hydrogen (secondary N) is 2. The Hall–Kier alpha value is -1.29. The molecule has 1 aromatic rings. The Morgan fingerprint density at radius 1 is 1.50 bits per heavy atom. The fourth-order valence-electron chi connectivity index (χ4n) is 2.22. The first kappa shape index (κ1) is 13.1. The van der Waals surface area contributed by atoms with Crippen LogP contribution < -0.4 is 10.6 Å². The average molecular weight is 249 g/mol. The van der Waals surface area contributed by atoms with Crippen molar-refractivity contribution in [2.24, 2.45) is 5.41 Å². The molecule has 2 rings (SSSR count). The molecular formula is C14H23N3O. The lowest BCUT2D eigenvalue weighted by atomic mass is 9.64. The molecule has 100 valence electrons. The van der Waals surface area contributed by atoms with E-state index in [9.17, 15) is 5.11 Å². The molecule has 1 aliphatic rings. The van der Waals surface area contributed by atoms with Crippen molar-refractivity contribution in [2.75, 3.05) is 17.2 Å². The molecule has 1 saturated carbocycles. The zero-order valence-corrected chi connectivity index (χ0v) is 11.4. The number of rotatable bonds is 5. The minimum Gasteiger partial charge on any atom is -0.392 e. The van der Waals surface area contributed by atoms with Crippen molar-refractivity contribution >= 4 is 11.5 Å². The Balaban J connectivity index is 1.98. The van der Waals surface area contributed by atoms with Gasteiger partial charge >= 0.3 is 0 Å². The van der Waals surface area contributed by atoms with Gasteiger partial charge in [0.25, 0.3) is 0 Å². The summed E-state index contributed by atoms with van der Waals surface area (Å²) in [4.78, 5) is 4.28. The number of aromatic nitrogens is 1. The molecule has 3 N–H and O–H groups in total. The van der Waals surface area contributed by atoms with E-state index in [1.54, 1.807) is 0 Å². The Morgan fingerprint density at radius 2 is 2.28 bits per heavy atom. The van der Waals surface area contributed by atoms with Crippen molar-refractivity contribution in [3.05, 3.63) is 18.3 Å². The van der Waals surface area contributed by atoms with Crippen LogP contribution in [0.3, 0.4) is 0 Å². The van der Waals surface area contributed by atoms with Gasteiger partial charge in [-0.25, -0.2) is 4.98 Å². The summed E-state index contributed by atoms with van der Waals surface area (Å²) in [5.41, 5.74) is 1.01. The summed E-state index contributed by atoms with van der Waals surface area (Å²) < 4.78 is 0. The summed E-state index contributed by atoms with van der Waals surface area (Å²) >= 11 is 0. The summed E-state index contributed by atoms with van der Waals surface area (Å²) in [6, 6.07) is 4.32. The molecule has 0 spiro atoms. The first-order chi connectivity index (χ1) is 8.54. The van der Waals surface area contributed by atoms with E-state index in [2.05, 4.69) is 36.4 Å². The number of hydrogen-bond acceptors (Lipinski definition) is 4. The maximum Gasteiger partial charge on any atom is 0.127 e. The Bertz CT molecular complexity index is 406. The van der Waals surface area contributed by atoms with Gasteiger partial charge in [0.1, 0.15) is 5.82 Å². The Labute approximate surface area is 109 Å². The van der Waals surface area contributed by atoms with Gasteiger partial charge in [-0.2, -0.15) is 0 Å². The highest BCUT2D eigenvalue weighted by molar-refractivity contribution is 5.53. The molecule has 0 aliphatic heterocycles. The Morgan fingerprint density at radius 3 is 2.89 bits per heavy atom. The third kappa shape index (κ3) is 2.58. The van der Waals surface area contributed by atoms with E-state index in [1.165, 1.54) is 0 Å². The van der Waals surface area contributed by atoms with Crippen LogP contribution >= 0.6 is 0 Å². The lowest BCUT2D eigenvalue weighted by Crippen LogP contribution is -2.56. The van der Waals surface area contributed by atoms with Crippen LogP contribution in [0.1, 0.15) is 33.6 Å². The zero-order chi connectivity index (χ0) is 13.2. The maximum atomic E-state index is 9.73. The molecule has 0 amide bonds. The molecule has 18 heavy (non-hydrogen) atoms. The third-order valence-corrected chi connectivity index (χ3v) is 3.87. The van der Waals surface area contributed by atoms with Crippen molar-refractivity contribution in [2.45, 2.75) is 45.8 Å². The van der Waals surface area contributed by atoms with Crippen LogP contribution in [0, 0.1) is 5.41 Å². The van der Waals surface area contributed by atoms with E-state index in [4.69, 9.17) is 0 Å². The van der Waals surface area contributed by atoms with Gasteiger partial charge < -0.3 is 15.7 Å². The van der Waals surface area contributed by atoms with Gasteiger partial charge in [0.15, 0.2) is 0 Å². The van der Waals surface area contributed by atoms with Crippen LogP contribution in [-0.2, 0) is 0 Å². The van der Waals surface area contributed by atoms with Gasteiger partial charge in [0.05, 0.1) is 6.10 Å². The molecule has 0 bridgehead atoms. The molecule has 1 heterocycles. The van der Waals surface area contributed by atoms with Crippen molar-refractivity contribution in [3.63, 3.8) is 0 Å². The fourth-order valence-corrected chi connectivity index (χ4v) is 2.22. The lowest BCUT2D eigenvalue weighted by molar-refractivity contribution is -0.0510. The van der Waals surface area contributed by atoms with Gasteiger partial charge in [-0.1, -0.05) is 20.8 Å². The van der Waals surface area contributed by atoms with Crippen LogP contribution in [0.15, 0.2) is 18.3 Å². The smallest absolute Gasteiger partial charge is 0.127 e.